The molecule has 0 saturated heterocycles. The molecular formula is C8H15N3O. The first-order valence-corrected chi connectivity index (χ1v) is 4.00. The van der Waals surface area contributed by atoms with Crippen LogP contribution in [0.3, 0.4) is 0 Å². The Labute approximate surface area is 72.3 Å². The zero-order valence-electron chi connectivity index (χ0n) is 7.53. The summed E-state index contributed by atoms with van der Waals surface area (Å²) < 4.78 is 7.07. The van der Waals surface area contributed by atoms with Gasteiger partial charge in [-0.15, -0.1) is 0 Å². The van der Waals surface area contributed by atoms with Crippen molar-refractivity contribution in [3.63, 3.8) is 0 Å². The Balaban J connectivity index is 2.71. The quantitative estimate of drug-likeness (QED) is 0.716. The summed E-state index contributed by atoms with van der Waals surface area (Å²) >= 11 is 0. The molecule has 1 aromatic rings. The molecule has 1 rings (SSSR count). The first kappa shape index (κ1) is 9.22. The van der Waals surface area contributed by atoms with Gasteiger partial charge in [-0.2, -0.15) is 0 Å². The number of rotatable bonds is 4. The van der Waals surface area contributed by atoms with Crippen LogP contribution >= 0.6 is 0 Å². The molecule has 0 aromatic carbocycles. The Kier molecular flexibility index (Phi) is 3.25. The number of aromatic nitrogens is 2. The number of imidazole rings is 1. The summed E-state index contributed by atoms with van der Waals surface area (Å²) in [5.74, 6) is 0.902. The van der Waals surface area contributed by atoms with E-state index in [1.54, 1.807) is 13.3 Å². The molecule has 0 fully saturated rings. The van der Waals surface area contributed by atoms with E-state index in [2.05, 4.69) is 11.9 Å². The maximum Gasteiger partial charge on any atom is 0.122 e. The minimum Gasteiger partial charge on any atom is -0.383 e. The van der Waals surface area contributed by atoms with Crippen molar-refractivity contribution in [2.24, 2.45) is 5.73 Å². The molecule has 0 amide bonds. The van der Waals surface area contributed by atoms with Gasteiger partial charge in [0, 0.05) is 19.5 Å². The fourth-order valence-corrected chi connectivity index (χ4v) is 1.22. The van der Waals surface area contributed by atoms with Crippen LogP contribution in [-0.2, 0) is 11.3 Å². The Morgan fingerprint density at radius 2 is 2.50 bits per heavy atom. The molecule has 0 spiro atoms. The molecule has 1 atom stereocenters. The topological polar surface area (TPSA) is 53.1 Å². The van der Waals surface area contributed by atoms with Crippen LogP contribution in [0.4, 0.5) is 0 Å². The monoisotopic (exact) mass is 169 g/mol. The second-order valence-corrected chi connectivity index (χ2v) is 2.76. The van der Waals surface area contributed by atoms with Crippen LogP contribution in [0, 0.1) is 0 Å². The maximum atomic E-state index is 5.50. The first-order chi connectivity index (χ1) is 5.79. The Hall–Kier alpha value is -0.870. The maximum absolute atomic E-state index is 5.50. The fourth-order valence-electron chi connectivity index (χ4n) is 1.22. The van der Waals surface area contributed by atoms with Gasteiger partial charge in [-0.1, -0.05) is 0 Å². The molecule has 4 nitrogen and oxygen atoms in total. The van der Waals surface area contributed by atoms with Gasteiger partial charge in [0.05, 0.1) is 19.2 Å². The van der Waals surface area contributed by atoms with Crippen LogP contribution in [0.2, 0.25) is 0 Å². The largest absolute Gasteiger partial charge is 0.383 e. The molecule has 0 aliphatic carbocycles. The molecule has 12 heavy (non-hydrogen) atoms. The van der Waals surface area contributed by atoms with Gasteiger partial charge in [0.25, 0.3) is 0 Å². The van der Waals surface area contributed by atoms with Crippen LogP contribution in [0.5, 0.6) is 0 Å². The highest BCUT2D eigenvalue weighted by atomic mass is 16.5. The number of nitrogens with two attached hydrogens (primary N) is 1. The summed E-state index contributed by atoms with van der Waals surface area (Å²) in [6.07, 6.45) is 3.68. The lowest BCUT2D eigenvalue weighted by molar-refractivity contribution is 0.161. The molecule has 0 bridgehead atoms. The summed E-state index contributed by atoms with van der Waals surface area (Å²) in [4.78, 5) is 4.12. The fraction of sp³-hybridized carbons (Fsp3) is 0.625. The van der Waals surface area contributed by atoms with Gasteiger partial charge in [-0.3, -0.25) is 0 Å². The highest BCUT2D eigenvalue weighted by Crippen LogP contribution is 2.08. The predicted molar refractivity (Wildman–Crippen MR) is 46.7 cm³/mol. The van der Waals surface area contributed by atoms with Gasteiger partial charge in [-0.05, 0) is 6.92 Å². The number of hydrogen-bond acceptors (Lipinski definition) is 3. The normalized spacial score (nSPS) is 13.2. The van der Waals surface area contributed by atoms with E-state index in [4.69, 9.17) is 10.5 Å². The smallest absolute Gasteiger partial charge is 0.122 e. The van der Waals surface area contributed by atoms with E-state index in [-0.39, 0.29) is 0 Å². The van der Waals surface area contributed by atoms with Crippen molar-refractivity contribution in [1.82, 2.24) is 9.55 Å². The average molecular weight is 169 g/mol. The minimum absolute atomic E-state index is 0.302. The number of ether oxygens (including phenoxy) is 1. The molecule has 1 heterocycles. The minimum atomic E-state index is 0.302. The van der Waals surface area contributed by atoms with Crippen molar-refractivity contribution in [3.8, 4) is 0 Å². The molecule has 1 unspecified atom stereocenters. The highest BCUT2D eigenvalue weighted by Gasteiger charge is 2.07. The Bertz CT molecular complexity index is 234. The van der Waals surface area contributed by atoms with E-state index in [1.807, 2.05) is 10.8 Å². The summed E-state index contributed by atoms with van der Waals surface area (Å²) in [6.45, 7) is 3.23. The van der Waals surface area contributed by atoms with Crippen molar-refractivity contribution >= 4 is 0 Å². The van der Waals surface area contributed by atoms with E-state index < -0.39 is 0 Å². The lowest BCUT2D eigenvalue weighted by Gasteiger charge is -2.14. The number of nitrogens with zero attached hydrogens (tertiary/aromatic N) is 2. The molecule has 0 radical (unpaired) electrons. The molecule has 68 valence electrons. The third kappa shape index (κ3) is 1.84. The van der Waals surface area contributed by atoms with Gasteiger partial charge in [0.2, 0.25) is 0 Å². The van der Waals surface area contributed by atoms with Crippen LogP contribution in [0.15, 0.2) is 12.4 Å². The standard InChI is InChI=1S/C8H15N3O/c1-7(6-12-2)11-4-3-10-8(11)5-9/h3-4,7H,5-6,9H2,1-2H3. The number of methoxy groups -OCH3 is 1. The molecule has 1 aromatic heterocycles. The van der Waals surface area contributed by atoms with E-state index in [0.29, 0.717) is 19.2 Å². The molecule has 2 N–H and O–H groups in total. The van der Waals surface area contributed by atoms with Crippen molar-refractivity contribution in [2.75, 3.05) is 13.7 Å². The lowest BCUT2D eigenvalue weighted by Crippen LogP contribution is -2.15. The van der Waals surface area contributed by atoms with Crippen molar-refractivity contribution in [1.29, 1.82) is 0 Å². The van der Waals surface area contributed by atoms with Crippen LogP contribution in [0.25, 0.3) is 0 Å². The van der Waals surface area contributed by atoms with Gasteiger partial charge < -0.3 is 15.0 Å². The third-order valence-electron chi connectivity index (χ3n) is 1.81. The van der Waals surface area contributed by atoms with E-state index in [1.165, 1.54) is 0 Å². The lowest BCUT2D eigenvalue weighted by atomic mass is 10.3. The zero-order valence-corrected chi connectivity index (χ0v) is 7.53. The summed E-state index contributed by atoms with van der Waals surface area (Å²) in [6, 6.07) is 0.302. The summed E-state index contributed by atoms with van der Waals surface area (Å²) in [7, 11) is 1.69. The SMILES string of the molecule is COCC(C)n1ccnc1CN. The first-order valence-electron chi connectivity index (χ1n) is 4.00. The Morgan fingerprint density at radius 1 is 1.75 bits per heavy atom. The van der Waals surface area contributed by atoms with Gasteiger partial charge in [0.1, 0.15) is 5.82 Å². The Morgan fingerprint density at radius 3 is 3.08 bits per heavy atom. The van der Waals surface area contributed by atoms with Gasteiger partial charge in [-0.25, -0.2) is 4.98 Å². The predicted octanol–water partition coefficient (Wildman–Crippen LogP) is 0.549. The van der Waals surface area contributed by atoms with Crippen LogP contribution in [0.1, 0.15) is 18.8 Å². The van der Waals surface area contributed by atoms with Crippen molar-refractivity contribution in [2.45, 2.75) is 19.5 Å². The van der Waals surface area contributed by atoms with Gasteiger partial charge >= 0.3 is 0 Å². The molecular weight excluding hydrogens is 154 g/mol. The summed E-state index contributed by atoms with van der Waals surface area (Å²) in [5, 5.41) is 0. The van der Waals surface area contributed by atoms with Crippen molar-refractivity contribution < 1.29 is 4.74 Å². The van der Waals surface area contributed by atoms with Gasteiger partial charge in [0.15, 0.2) is 0 Å². The highest BCUT2D eigenvalue weighted by molar-refractivity contribution is 4.93. The van der Waals surface area contributed by atoms with Crippen molar-refractivity contribution in [3.05, 3.63) is 18.2 Å². The van der Waals surface area contributed by atoms with Crippen LogP contribution in [-0.4, -0.2) is 23.3 Å². The third-order valence-corrected chi connectivity index (χ3v) is 1.81. The van der Waals surface area contributed by atoms with E-state index in [0.717, 1.165) is 5.82 Å². The molecule has 0 saturated carbocycles. The molecule has 4 heteroatoms. The summed E-state index contributed by atoms with van der Waals surface area (Å²) in [5.41, 5.74) is 5.50. The molecule has 0 aliphatic rings. The number of hydrogen-bond donors (Lipinski definition) is 1. The molecule has 0 aliphatic heterocycles. The van der Waals surface area contributed by atoms with Crippen LogP contribution < -0.4 is 5.73 Å². The second-order valence-electron chi connectivity index (χ2n) is 2.76. The van der Waals surface area contributed by atoms with E-state index >= 15 is 0 Å². The van der Waals surface area contributed by atoms with E-state index in [9.17, 15) is 0 Å². The zero-order chi connectivity index (χ0) is 8.97. The second kappa shape index (κ2) is 4.23. The average Bonchev–Trinajstić information content (AvgIpc) is 2.51.